The summed E-state index contributed by atoms with van der Waals surface area (Å²) in [5, 5.41) is 6.22. The van der Waals surface area contributed by atoms with Gasteiger partial charge in [-0.25, -0.2) is 9.98 Å². The molecule has 2 N–H and O–H groups in total. The lowest BCUT2D eigenvalue weighted by Gasteiger charge is -2.12. The van der Waals surface area contributed by atoms with Crippen molar-refractivity contribution in [3.8, 4) is 0 Å². The molecule has 0 atom stereocenters. The summed E-state index contributed by atoms with van der Waals surface area (Å²) < 4.78 is 26.4. The Morgan fingerprint density at radius 1 is 1.29 bits per heavy atom. The van der Waals surface area contributed by atoms with Crippen molar-refractivity contribution in [2.24, 2.45) is 4.99 Å². The minimum Gasteiger partial charge on any atom is -0.356 e. The van der Waals surface area contributed by atoms with Crippen LogP contribution in [-0.4, -0.2) is 28.6 Å². The fraction of sp³-hybridized carbons (Fsp3) is 0.294. The Kier molecular flexibility index (Phi) is 6.94. The first-order chi connectivity index (χ1) is 11.7. The first kappa shape index (κ1) is 17.7. The minimum atomic E-state index is -2.58. The second kappa shape index (κ2) is 9.44. The van der Waals surface area contributed by atoms with Crippen LogP contribution in [-0.2, 0) is 13.0 Å². The Morgan fingerprint density at radius 3 is 2.79 bits per heavy atom. The number of aromatic nitrogens is 2. The number of aliphatic imine (C=N–C) groups is 1. The van der Waals surface area contributed by atoms with Crippen LogP contribution in [0, 0.1) is 0 Å². The highest BCUT2D eigenvalue weighted by Crippen LogP contribution is 2.12. The molecule has 0 aliphatic heterocycles. The average molecular weight is 333 g/mol. The van der Waals surface area contributed by atoms with Gasteiger partial charge >= 0.3 is 6.55 Å². The molecule has 24 heavy (non-hydrogen) atoms. The summed E-state index contributed by atoms with van der Waals surface area (Å²) in [7, 11) is 0. The summed E-state index contributed by atoms with van der Waals surface area (Å²) in [5.41, 5.74) is 1.09. The maximum Gasteiger partial charge on any atom is 0.319 e. The Morgan fingerprint density at radius 2 is 2.08 bits per heavy atom. The molecule has 0 spiro atoms. The van der Waals surface area contributed by atoms with E-state index in [4.69, 9.17) is 0 Å². The Labute approximate surface area is 140 Å². The molecule has 2 rings (SSSR count). The molecule has 0 bridgehead atoms. The van der Waals surface area contributed by atoms with Gasteiger partial charge in [0.05, 0.1) is 6.54 Å². The maximum absolute atomic E-state index is 12.8. The molecular weight excluding hydrogens is 312 g/mol. The molecule has 0 saturated heterocycles. The second-order valence-electron chi connectivity index (χ2n) is 5.03. The quantitative estimate of drug-likeness (QED) is 0.444. The van der Waals surface area contributed by atoms with Crippen molar-refractivity contribution in [3.63, 3.8) is 0 Å². The van der Waals surface area contributed by atoms with Gasteiger partial charge in [0.2, 0.25) is 0 Å². The number of benzene rings is 1. The van der Waals surface area contributed by atoms with Crippen LogP contribution in [0.3, 0.4) is 0 Å². The van der Waals surface area contributed by atoms with Crippen molar-refractivity contribution in [2.75, 3.05) is 13.1 Å². The zero-order valence-electron chi connectivity index (χ0n) is 13.3. The molecule has 0 unspecified atom stereocenters. The van der Waals surface area contributed by atoms with Crippen molar-refractivity contribution in [2.45, 2.75) is 19.5 Å². The molecule has 5 nitrogen and oxygen atoms in total. The number of rotatable bonds is 8. The summed E-state index contributed by atoms with van der Waals surface area (Å²) >= 11 is 0. The van der Waals surface area contributed by atoms with Crippen molar-refractivity contribution >= 4 is 5.96 Å². The van der Waals surface area contributed by atoms with Gasteiger partial charge in [-0.15, -0.1) is 6.58 Å². The van der Waals surface area contributed by atoms with E-state index in [-0.39, 0.29) is 0 Å². The fourth-order valence-electron chi connectivity index (χ4n) is 2.10. The Hall–Kier alpha value is -2.70. The zero-order valence-corrected chi connectivity index (χ0v) is 13.3. The van der Waals surface area contributed by atoms with E-state index >= 15 is 0 Å². The van der Waals surface area contributed by atoms with Crippen LogP contribution in [0.1, 0.15) is 17.9 Å². The molecule has 0 aliphatic carbocycles. The number of alkyl halides is 2. The lowest BCUT2D eigenvalue weighted by molar-refractivity contribution is 0.0670. The second-order valence-corrected chi connectivity index (χ2v) is 5.03. The number of nitrogens with zero attached hydrogens (tertiary/aromatic N) is 3. The average Bonchev–Trinajstić information content (AvgIpc) is 3.06. The highest BCUT2D eigenvalue weighted by molar-refractivity contribution is 5.79. The molecule has 0 saturated carbocycles. The van der Waals surface area contributed by atoms with Crippen molar-refractivity contribution in [1.29, 1.82) is 0 Å². The van der Waals surface area contributed by atoms with E-state index in [1.807, 2.05) is 30.3 Å². The van der Waals surface area contributed by atoms with E-state index in [0.29, 0.717) is 37.8 Å². The zero-order chi connectivity index (χ0) is 17.2. The van der Waals surface area contributed by atoms with Crippen LogP contribution in [0.15, 0.2) is 60.4 Å². The van der Waals surface area contributed by atoms with Gasteiger partial charge in [-0.2, -0.15) is 8.78 Å². The minimum absolute atomic E-state index is 0.337. The lowest BCUT2D eigenvalue weighted by atomic mass is 10.2. The van der Waals surface area contributed by atoms with Crippen molar-refractivity contribution in [3.05, 3.63) is 66.8 Å². The van der Waals surface area contributed by atoms with Gasteiger partial charge in [-0.3, -0.25) is 4.57 Å². The predicted octanol–water partition coefficient (Wildman–Crippen LogP) is 2.74. The molecule has 1 aromatic carbocycles. The SMILES string of the molecule is C=CCNC(=NCc1ccccc1)NCCc1nccn1C(F)F. The van der Waals surface area contributed by atoms with Crippen LogP contribution in [0.4, 0.5) is 8.78 Å². The molecule has 0 aliphatic rings. The summed E-state index contributed by atoms with van der Waals surface area (Å²) in [6.45, 7) is 2.62. The van der Waals surface area contributed by atoms with E-state index in [2.05, 4.69) is 27.2 Å². The van der Waals surface area contributed by atoms with E-state index in [9.17, 15) is 8.78 Å². The summed E-state index contributed by atoms with van der Waals surface area (Å²) in [6, 6.07) is 9.86. The molecule has 0 radical (unpaired) electrons. The molecule has 128 valence electrons. The molecule has 0 amide bonds. The predicted molar refractivity (Wildman–Crippen MR) is 91.0 cm³/mol. The monoisotopic (exact) mass is 333 g/mol. The third-order valence-electron chi connectivity index (χ3n) is 3.28. The van der Waals surface area contributed by atoms with E-state index < -0.39 is 6.55 Å². The van der Waals surface area contributed by atoms with Crippen LogP contribution in [0.25, 0.3) is 0 Å². The lowest BCUT2D eigenvalue weighted by Crippen LogP contribution is -2.38. The van der Waals surface area contributed by atoms with Crippen molar-refractivity contribution < 1.29 is 8.78 Å². The van der Waals surface area contributed by atoms with Gasteiger partial charge in [-0.1, -0.05) is 36.4 Å². The summed E-state index contributed by atoms with van der Waals surface area (Å²) in [5.74, 6) is 0.942. The number of halogens is 2. The van der Waals surface area contributed by atoms with Gasteiger partial charge in [0.25, 0.3) is 0 Å². The largest absolute Gasteiger partial charge is 0.356 e. The highest BCUT2D eigenvalue weighted by atomic mass is 19.3. The number of imidazole rings is 1. The maximum atomic E-state index is 12.8. The van der Waals surface area contributed by atoms with Crippen molar-refractivity contribution in [1.82, 2.24) is 20.2 Å². The normalized spacial score (nSPS) is 11.5. The topological polar surface area (TPSA) is 54.2 Å². The smallest absolute Gasteiger partial charge is 0.319 e. The molecule has 2 aromatic rings. The van der Waals surface area contributed by atoms with Crippen LogP contribution < -0.4 is 10.6 Å². The summed E-state index contributed by atoms with van der Waals surface area (Å²) in [4.78, 5) is 8.44. The number of nitrogens with one attached hydrogen (secondary N) is 2. The molecule has 1 heterocycles. The standard InChI is InChI=1S/C17H21F2N5/c1-2-9-21-17(23-13-14-6-4-3-5-7-14)22-10-8-15-20-11-12-24(15)16(18)19/h2-7,11-12,16H,1,8-10,13H2,(H2,21,22,23). The fourth-order valence-corrected chi connectivity index (χ4v) is 2.10. The number of guanidine groups is 1. The van der Waals surface area contributed by atoms with Crippen LogP contribution in [0.5, 0.6) is 0 Å². The van der Waals surface area contributed by atoms with Gasteiger partial charge in [0, 0.05) is 31.9 Å². The molecule has 7 heteroatoms. The van der Waals surface area contributed by atoms with E-state index in [1.165, 1.54) is 12.4 Å². The third kappa shape index (κ3) is 5.49. The van der Waals surface area contributed by atoms with Crippen LogP contribution in [0.2, 0.25) is 0 Å². The Bertz CT molecular complexity index is 652. The molecule has 0 fully saturated rings. The van der Waals surface area contributed by atoms with Gasteiger partial charge in [0.1, 0.15) is 5.82 Å². The van der Waals surface area contributed by atoms with Crippen LogP contribution >= 0.6 is 0 Å². The third-order valence-corrected chi connectivity index (χ3v) is 3.28. The van der Waals surface area contributed by atoms with Gasteiger partial charge in [-0.05, 0) is 5.56 Å². The first-order valence-electron chi connectivity index (χ1n) is 7.67. The van der Waals surface area contributed by atoms with Gasteiger partial charge in [0.15, 0.2) is 5.96 Å². The highest BCUT2D eigenvalue weighted by Gasteiger charge is 2.10. The summed E-state index contributed by atoms with van der Waals surface area (Å²) in [6.07, 6.45) is 4.75. The molecular formula is C17H21F2N5. The number of hydrogen-bond acceptors (Lipinski definition) is 2. The molecule has 1 aromatic heterocycles. The number of hydrogen-bond donors (Lipinski definition) is 2. The van der Waals surface area contributed by atoms with E-state index in [1.54, 1.807) is 6.08 Å². The first-order valence-corrected chi connectivity index (χ1v) is 7.67. The Balaban J connectivity index is 1.90. The van der Waals surface area contributed by atoms with E-state index in [0.717, 1.165) is 10.1 Å². The van der Waals surface area contributed by atoms with Gasteiger partial charge < -0.3 is 10.6 Å².